The van der Waals surface area contributed by atoms with Crippen molar-refractivity contribution in [1.29, 1.82) is 0 Å². The first-order valence-electron chi connectivity index (χ1n) is 4.62. The Morgan fingerprint density at radius 3 is 2.86 bits per heavy atom. The van der Waals surface area contributed by atoms with Crippen LogP contribution < -0.4 is 5.32 Å². The summed E-state index contributed by atoms with van der Waals surface area (Å²) in [6, 6.07) is 0.320. The summed E-state index contributed by atoms with van der Waals surface area (Å²) in [5.74, 6) is 0.841. The normalized spacial score (nSPS) is 13.6. The van der Waals surface area contributed by atoms with Crippen LogP contribution in [0.1, 0.15) is 30.2 Å². The van der Waals surface area contributed by atoms with Gasteiger partial charge in [-0.25, -0.2) is 0 Å². The third-order valence-electron chi connectivity index (χ3n) is 2.22. The largest absolute Gasteiger partial charge is 0.311 e. The zero-order chi connectivity index (χ0) is 10.1. The van der Waals surface area contributed by atoms with Gasteiger partial charge in [0, 0.05) is 0 Å². The SMILES string of the molecule is CCC(NC)c1nn2c(C)nnc2s1. The maximum absolute atomic E-state index is 4.46. The van der Waals surface area contributed by atoms with E-state index in [4.69, 9.17) is 0 Å². The lowest BCUT2D eigenvalue weighted by molar-refractivity contribution is 0.564. The average Bonchev–Trinajstić information content (AvgIpc) is 2.72. The highest BCUT2D eigenvalue weighted by atomic mass is 32.1. The van der Waals surface area contributed by atoms with Crippen molar-refractivity contribution >= 4 is 16.3 Å². The van der Waals surface area contributed by atoms with Crippen LogP contribution in [0.5, 0.6) is 0 Å². The predicted octanol–water partition coefficient (Wildman–Crippen LogP) is 1.16. The predicted molar refractivity (Wildman–Crippen MR) is 55.5 cm³/mol. The van der Waals surface area contributed by atoms with Crippen LogP contribution in [0.2, 0.25) is 0 Å². The molecule has 0 amide bonds. The van der Waals surface area contributed by atoms with Gasteiger partial charge in [0.1, 0.15) is 5.01 Å². The van der Waals surface area contributed by atoms with Crippen molar-refractivity contribution < 1.29 is 0 Å². The molecule has 2 rings (SSSR count). The van der Waals surface area contributed by atoms with Crippen LogP contribution in [0.15, 0.2) is 0 Å². The number of rotatable bonds is 3. The fourth-order valence-corrected chi connectivity index (χ4v) is 2.45. The van der Waals surface area contributed by atoms with Crippen LogP contribution in [0.25, 0.3) is 4.96 Å². The van der Waals surface area contributed by atoms with Gasteiger partial charge in [0.25, 0.3) is 0 Å². The van der Waals surface area contributed by atoms with Gasteiger partial charge in [0.2, 0.25) is 4.96 Å². The van der Waals surface area contributed by atoms with Crippen molar-refractivity contribution in [3.8, 4) is 0 Å². The summed E-state index contributed by atoms with van der Waals surface area (Å²) >= 11 is 1.59. The molecule has 2 aromatic rings. The summed E-state index contributed by atoms with van der Waals surface area (Å²) in [5.41, 5.74) is 0. The van der Waals surface area contributed by atoms with Crippen molar-refractivity contribution in [3.05, 3.63) is 10.8 Å². The van der Waals surface area contributed by atoms with Gasteiger partial charge in [-0.2, -0.15) is 9.61 Å². The Morgan fingerprint density at radius 2 is 2.29 bits per heavy atom. The highest BCUT2D eigenvalue weighted by molar-refractivity contribution is 7.16. The van der Waals surface area contributed by atoms with Crippen molar-refractivity contribution in [2.45, 2.75) is 26.3 Å². The highest BCUT2D eigenvalue weighted by Crippen LogP contribution is 2.22. The Labute approximate surface area is 86.2 Å². The molecular formula is C8H13N5S. The number of fused-ring (bicyclic) bond motifs is 1. The summed E-state index contributed by atoms with van der Waals surface area (Å²) in [5, 5.41) is 16.7. The first kappa shape index (κ1) is 9.54. The fraction of sp³-hybridized carbons (Fsp3) is 0.625. The van der Waals surface area contributed by atoms with Crippen LogP contribution in [0.3, 0.4) is 0 Å². The minimum Gasteiger partial charge on any atom is -0.311 e. The van der Waals surface area contributed by atoms with Crippen LogP contribution in [-0.2, 0) is 0 Å². The Balaban J connectivity index is 2.43. The van der Waals surface area contributed by atoms with E-state index < -0.39 is 0 Å². The second kappa shape index (κ2) is 3.62. The van der Waals surface area contributed by atoms with Gasteiger partial charge in [0.05, 0.1) is 6.04 Å². The highest BCUT2D eigenvalue weighted by Gasteiger charge is 2.14. The van der Waals surface area contributed by atoms with Gasteiger partial charge in [-0.15, -0.1) is 10.2 Å². The number of hydrogen-bond acceptors (Lipinski definition) is 5. The Bertz CT molecular complexity index is 428. The van der Waals surface area contributed by atoms with Gasteiger partial charge in [-0.1, -0.05) is 18.3 Å². The minimum absolute atomic E-state index is 0.320. The maximum Gasteiger partial charge on any atom is 0.234 e. The van der Waals surface area contributed by atoms with Gasteiger partial charge < -0.3 is 5.32 Å². The molecule has 0 saturated carbocycles. The van der Waals surface area contributed by atoms with E-state index in [0.717, 1.165) is 22.2 Å². The van der Waals surface area contributed by atoms with Crippen LogP contribution in [-0.4, -0.2) is 26.9 Å². The molecule has 6 heteroatoms. The van der Waals surface area contributed by atoms with Gasteiger partial charge in [-0.05, 0) is 20.4 Å². The Morgan fingerprint density at radius 1 is 1.50 bits per heavy atom. The fourth-order valence-electron chi connectivity index (χ4n) is 1.37. The van der Waals surface area contributed by atoms with E-state index in [9.17, 15) is 0 Å². The lowest BCUT2D eigenvalue weighted by Gasteiger charge is -2.08. The van der Waals surface area contributed by atoms with E-state index in [0.29, 0.717) is 6.04 Å². The average molecular weight is 211 g/mol. The zero-order valence-electron chi connectivity index (χ0n) is 8.48. The third-order valence-corrected chi connectivity index (χ3v) is 3.23. The molecular weight excluding hydrogens is 198 g/mol. The number of hydrogen-bond donors (Lipinski definition) is 1. The second-order valence-electron chi connectivity index (χ2n) is 3.13. The summed E-state index contributed by atoms with van der Waals surface area (Å²) in [6.45, 7) is 4.04. The lowest BCUT2D eigenvalue weighted by atomic mass is 10.2. The molecule has 2 aromatic heterocycles. The molecule has 0 spiro atoms. The molecule has 0 aliphatic heterocycles. The van der Waals surface area contributed by atoms with Crippen LogP contribution in [0, 0.1) is 6.92 Å². The summed E-state index contributed by atoms with van der Waals surface area (Å²) in [4.78, 5) is 0.867. The van der Waals surface area contributed by atoms with Crippen molar-refractivity contribution in [2.75, 3.05) is 7.05 Å². The monoisotopic (exact) mass is 211 g/mol. The molecule has 0 aliphatic carbocycles. The van der Waals surface area contributed by atoms with Gasteiger partial charge >= 0.3 is 0 Å². The molecule has 0 radical (unpaired) electrons. The van der Waals surface area contributed by atoms with Gasteiger partial charge in [-0.3, -0.25) is 0 Å². The molecule has 76 valence electrons. The van der Waals surface area contributed by atoms with Crippen molar-refractivity contribution in [2.24, 2.45) is 0 Å². The van der Waals surface area contributed by atoms with E-state index in [1.807, 2.05) is 14.0 Å². The quantitative estimate of drug-likeness (QED) is 0.828. The lowest BCUT2D eigenvalue weighted by Crippen LogP contribution is -2.15. The summed E-state index contributed by atoms with van der Waals surface area (Å²) in [6.07, 6.45) is 1.03. The van der Waals surface area contributed by atoms with E-state index >= 15 is 0 Å². The standard InChI is InChI=1S/C8H13N5S/c1-4-6(9-3)7-12-13-5(2)10-11-8(13)14-7/h6,9H,4H2,1-3H3. The topological polar surface area (TPSA) is 55.1 Å². The third kappa shape index (κ3) is 1.40. The number of nitrogens with zero attached hydrogens (tertiary/aromatic N) is 4. The van der Waals surface area contributed by atoms with Crippen molar-refractivity contribution in [1.82, 2.24) is 25.1 Å². The van der Waals surface area contributed by atoms with Crippen molar-refractivity contribution in [3.63, 3.8) is 0 Å². The zero-order valence-corrected chi connectivity index (χ0v) is 9.30. The van der Waals surface area contributed by atoms with Crippen LogP contribution >= 0.6 is 11.3 Å². The van der Waals surface area contributed by atoms with Gasteiger partial charge in [0.15, 0.2) is 5.82 Å². The van der Waals surface area contributed by atoms with Crippen LogP contribution in [0.4, 0.5) is 0 Å². The second-order valence-corrected chi connectivity index (χ2v) is 4.12. The molecule has 0 fully saturated rings. The Kier molecular flexibility index (Phi) is 2.47. The molecule has 14 heavy (non-hydrogen) atoms. The smallest absolute Gasteiger partial charge is 0.234 e. The molecule has 0 bridgehead atoms. The first-order chi connectivity index (χ1) is 6.76. The van der Waals surface area contributed by atoms with E-state index in [-0.39, 0.29) is 0 Å². The molecule has 0 aliphatic rings. The Hall–Kier alpha value is -1.01. The van der Waals surface area contributed by atoms with E-state index in [1.165, 1.54) is 0 Å². The first-order valence-corrected chi connectivity index (χ1v) is 5.44. The summed E-state index contributed by atoms with van der Waals surface area (Å²) in [7, 11) is 1.95. The van der Waals surface area contributed by atoms with E-state index in [2.05, 4.69) is 27.5 Å². The molecule has 0 saturated heterocycles. The number of aryl methyl sites for hydroxylation is 1. The summed E-state index contributed by atoms with van der Waals surface area (Å²) < 4.78 is 1.79. The number of aromatic nitrogens is 4. The molecule has 1 unspecified atom stereocenters. The molecule has 5 nitrogen and oxygen atoms in total. The molecule has 1 atom stereocenters. The number of nitrogens with one attached hydrogen (secondary N) is 1. The maximum atomic E-state index is 4.46. The molecule has 1 N–H and O–H groups in total. The van der Waals surface area contributed by atoms with E-state index in [1.54, 1.807) is 15.9 Å². The molecule has 0 aromatic carbocycles. The minimum atomic E-state index is 0.320. The molecule has 2 heterocycles.